The van der Waals surface area contributed by atoms with Crippen molar-refractivity contribution < 1.29 is 13.2 Å². The van der Waals surface area contributed by atoms with Gasteiger partial charge < -0.3 is 10.1 Å². The quantitative estimate of drug-likeness (QED) is 0.837. The number of aromatic nitrogens is 1. The fourth-order valence-electron chi connectivity index (χ4n) is 1.89. The molecule has 0 amide bonds. The van der Waals surface area contributed by atoms with E-state index in [-0.39, 0.29) is 11.1 Å². The van der Waals surface area contributed by atoms with E-state index in [4.69, 9.17) is 4.74 Å². The molecule has 0 aromatic carbocycles. The zero-order chi connectivity index (χ0) is 13.0. The number of nitrogens with one attached hydrogen (secondary N) is 2. The normalized spacial score (nSPS) is 17.6. The summed E-state index contributed by atoms with van der Waals surface area (Å²) in [5.74, 6) is 0. The molecule has 1 aliphatic rings. The molecule has 1 saturated heterocycles. The Balaban J connectivity index is 2.19. The minimum Gasteiger partial charge on any atom is -0.386 e. The van der Waals surface area contributed by atoms with Crippen molar-refractivity contribution >= 4 is 15.7 Å². The molecule has 0 bridgehead atoms. The molecule has 18 heavy (non-hydrogen) atoms. The molecule has 2 N–H and O–H groups in total. The third kappa shape index (κ3) is 2.98. The number of sulfonamides is 1. The lowest BCUT2D eigenvalue weighted by atomic mass is 10.1. The molecular formula is C11H17N3O3S. The number of anilines is 1. The van der Waals surface area contributed by atoms with Crippen LogP contribution in [0.3, 0.4) is 0 Å². The minimum atomic E-state index is -3.58. The van der Waals surface area contributed by atoms with Gasteiger partial charge in [0.05, 0.1) is 5.69 Å². The van der Waals surface area contributed by atoms with E-state index in [1.54, 1.807) is 19.2 Å². The molecule has 0 unspecified atom stereocenters. The van der Waals surface area contributed by atoms with Crippen LogP contribution in [-0.4, -0.2) is 39.7 Å². The number of rotatable bonds is 4. The van der Waals surface area contributed by atoms with Crippen LogP contribution in [0.2, 0.25) is 0 Å². The van der Waals surface area contributed by atoms with Gasteiger partial charge >= 0.3 is 0 Å². The van der Waals surface area contributed by atoms with E-state index >= 15 is 0 Å². The maximum Gasteiger partial charge on any atom is 0.260 e. The molecule has 0 aliphatic carbocycles. The van der Waals surface area contributed by atoms with Crippen LogP contribution in [0.4, 0.5) is 5.69 Å². The van der Waals surface area contributed by atoms with Crippen molar-refractivity contribution in [2.75, 3.05) is 25.6 Å². The first kappa shape index (κ1) is 13.3. The topological polar surface area (TPSA) is 80.3 Å². The summed E-state index contributed by atoms with van der Waals surface area (Å²) in [5, 5.41) is 2.87. The van der Waals surface area contributed by atoms with Crippen molar-refractivity contribution in [3.05, 3.63) is 18.3 Å². The Morgan fingerprint density at radius 3 is 2.78 bits per heavy atom. The standard InChI is InChI=1S/C11H17N3O3S/c1-12-10-3-2-6-13-11(10)18(15,16)14-9-4-7-17-8-5-9/h2-3,6,9,12,14H,4-5,7-8H2,1H3. The molecule has 1 fully saturated rings. The van der Waals surface area contributed by atoms with E-state index in [2.05, 4.69) is 15.0 Å². The molecule has 1 aromatic rings. The molecule has 1 aliphatic heterocycles. The third-order valence-corrected chi connectivity index (χ3v) is 4.32. The van der Waals surface area contributed by atoms with Crippen LogP contribution in [-0.2, 0) is 14.8 Å². The maximum absolute atomic E-state index is 12.2. The lowest BCUT2D eigenvalue weighted by Gasteiger charge is -2.23. The highest BCUT2D eigenvalue weighted by atomic mass is 32.2. The van der Waals surface area contributed by atoms with Crippen LogP contribution >= 0.6 is 0 Å². The van der Waals surface area contributed by atoms with Crippen molar-refractivity contribution in [2.24, 2.45) is 0 Å². The van der Waals surface area contributed by atoms with Gasteiger partial charge in [0.1, 0.15) is 0 Å². The average molecular weight is 271 g/mol. The van der Waals surface area contributed by atoms with Crippen LogP contribution in [0.1, 0.15) is 12.8 Å². The Kier molecular flexibility index (Phi) is 4.15. The van der Waals surface area contributed by atoms with Crippen molar-refractivity contribution in [2.45, 2.75) is 23.9 Å². The second-order valence-electron chi connectivity index (χ2n) is 4.11. The number of ether oxygens (including phenoxy) is 1. The van der Waals surface area contributed by atoms with Crippen molar-refractivity contribution in [1.29, 1.82) is 0 Å². The van der Waals surface area contributed by atoms with E-state index in [0.29, 0.717) is 31.7 Å². The predicted octanol–water partition coefficient (Wildman–Crippen LogP) is 0.581. The summed E-state index contributed by atoms with van der Waals surface area (Å²) in [7, 11) is -1.91. The smallest absolute Gasteiger partial charge is 0.260 e. The first-order valence-electron chi connectivity index (χ1n) is 5.86. The van der Waals surface area contributed by atoms with Crippen LogP contribution in [0.5, 0.6) is 0 Å². The fourth-order valence-corrected chi connectivity index (χ4v) is 3.33. The van der Waals surface area contributed by atoms with Crippen LogP contribution in [0, 0.1) is 0 Å². The van der Waals surface area contributed by atoms with Gasteiger partial charge in [-0.1, -0.05) is 0 Å². The van der Waals surface area contributed by atoms with E-state index in [1.807, 2.05) is 0 Å². The Bertz CT molecular complexity index is 498. The van der Waals surface area contributed by atoms with Gasteiger partial charge in [0, 0.05) is 32.5 Å². The average Bonchev–Trinajstić information content (AvgIpc) is 2.39. The molecule has 1 aromatic heterocycles. The van der Waals surface area contributed by atoms with Crippen LogP contribution in [0.15, 0.2) is 23.4 Å². The Hall–Kier alpha value is -1.18. The lowest BCUT2D eigenvalue weighted by molar-refractivity contribution is 0.0832. The number of pyridine rings is 1. The van der Waals surface area contributed by atoms with Gasteiger partial charge in [-0.05, 0) is 25.0 Å². The van der Waals surface area contributed by atoms with Crippen LogP contribution < -0.4 is 10.0 Å². The summed E-state index contributed by atoms with van der Waals surface area (Å²) in [5.41, 5.74) is 0.497. The summed E-state index contributed by atoms with van der Waals surface area (Å²) >= 11 is 0. The van der Waals surface area contributed by atoms with E-state index in [1.165, 1.54) is 6.20 Å². The van der Waals surface area contributed by atoms with E-state index in [0.717, 1.165) is 0 Å². The van der Waals surface area contributed by atoms with Gasteiger partial charge in [0.25, 0.3) is 10.0 Å². The largest absolute Gasteiger partial charge is 0.386 e. The molecule has 0 spiro atoms. The van der Waals surface area contributed by atoms with Crippen molar-refractivity contribution in [3.8, 4) is 0 Å². The monoisotopic (exact) mass is 271 g/mol. The summed E-state index contributed by atoms with van der Waals surface area (Å²) in [6, 6.07) is 3.31. The number of hydrogen-bond acceptors (Lipinski definition) is 5. The van der Waals surface area contributed by atoms with E-state index in [9.17, 15) is 8.42 Å². The molecule has 2 heterocycles. The number of hydrogen-bond donors (Lipinski definition) is 2. The summed E-state index contributed by atoms with van der Waals surface area (Å²) in [4.78, 5) is 3.94. The lowest BCUT2D eigenvalue weighted by Crippen LogP contribution is -2.39. The molecule has 0 atom stereocenters. The minimum absolute atomic E-state index is 0.0407. The van der Waals surface area contributed by atoms with Gasteiger partial charge in [-0.25, -0.2) is 18.1 Å². The fraction of sp³-hybridized carbons (Fsp3) is 0.545. The third-order valence-electron chi connectivity index (χ3n) is 2.84. The Morgan fingerprint density at radius 1 is 1.39 bits per heavy atom. The van der Waals surface area contributed by atoms with Gasteiger partial charge in [-0.3, -0.25) is 0 Å². The molecule has 6 nitrogen and oxygen atoms in total. The van der Waals surface area contributed by atoms with Gasteiger partial charge in [-0.2, -0.15) is 0 Å². The predicted molar refractivity (Wildman–Crippen MR) is 67.9 cm³/mol. The Labute approximate surface area is 107 Å². The second-order valence-corrected chi connectivity index (χ2v) is 5.74. The van der Waals surface area contributed by atoms with Crippen molar-refractivity contribution in [3.63, 3.8) is 0 Å². The van der Waals surface area contributed by atoms with Gasteiger partial charge in [0.15, 0.2) is 5.03 Å². The summed E-state index contributed by atoms with van der Waals surface area (Å²) in [6.07, 6.45) is 2.86. The molecular weight excluding hydrogens is 254 g/mol. The maximum atomic E-state index is 12.2. The van der Waals surface area contributed by atoms with E-state index < -0.39 is 10.0 Å². The van der Waals surface area contributed by atoms with Gasteiger partial charge in [0.2, 0.25) is 0 Å². The zero-order valence-corrected chi connectivity index (χ0v) is 11.0. The molecule has 100 valence electrons. The van der Waals surface area contributed by atoms with Crippen LogP contribution in [0.25, 0.3) is 0 Å². The zero-order valence-electron chi connectivity index (χ0n) is 10.2. The summed E-state index contributed by atoms with van der Waals surface area (Å²) in [6.45, 7) is 1.18. The molecule has 0 radical (unpaired) electrons. The Morgan fingerprint density at radius 2 is 2.11 bits per heavy atom. The second kappa shape index (κ2) is 5.64. The molecule has 0 saturated carbocycles. The highest BCUT2D eigenvalue weighted by Crippen LogP contribution is 2.18. The van der Waals surface area contributed by atoms with Gasteiger partial charge in [-0.15, -0.1) is 0 Å². The first-order chi connectivity index (χ1) is 8.63. The summed E-state index contributed by atoms with van der Waals surface area (Å²) < 4.78 is 32.3. The SMILES string of the molecule is CNc1cccnc1S(=O)(=O)NC1CCOCC1. The van der Waals surface area contributed by atoms with Crippen molar-refractivity contribution in [1.82, 2.24) is 9.71 Å². The highest BCUT2D eigenvalue weighted by molar-refractivity contribution is 7.89. The molecule has 2 rings (SSSR count). The first-order valence-corrected chi connectivity index (χ1v) is 7.34. The molecule has 7 heteroatoms. The number of nitrogens with zero attached hydrogens (tertiary/aromatic N) is 1. The highest BCUT2D eigenvalue weighted by Gasteiger charge is 2.25.